The lowest BCUT2D eigenvalue weighted by Gasteiger charge is -2.26. The summed E-state index contributed by atoms with van der Waals surface area (Å²) in [5.41, 5.74) is -1.24. The average molecular weight is 252 g/mol. The van der Waals surface area contributed by atoms with Gasteiger partial charge in [-0.05, 0) is 18.9 Å². The number of carbonyl (C=O) groups is 1. The Balaban J connectivity index is 2.90. The molecule has 4 heteroatoms. The van der Waals surface area contributed by atoms with E-state index in [1.807, 2.05) is 13.0 Å². The van der Waals surface area contributed by atoms with Gasteiger partial charge < -0.3 is 14.6 Å². The van der Waals surface area contributed by atoms with E-state index in [1.54, 1.807) is 31.2 Å². The summed E-state index contributed by atoms with van der Waals surface area (Å²) < 4.78 is 10.2. The van der Waals surface area contributed by atoms with Crippen molar-refractivity contribution in [3.05, 3.63) is 35.9 Å². The van der Waals surface area contributed by atoms with E-state index in [4.69, 9.17) is 9.47 Å². The van der Waals surface area contributed by atoms with Gasteiger partial charge in [0.25, 0.3) is 0 Å². The quantitative estimate of drug-likeness (QED) is 0.594. The predicted molar refractivity (Wildman–Crippen MR) is 68.1 cm³/mol. The van der Waals surface area contributed by atoms with Crippen molar-refractivity contribution in [3.63, 3.8) is 0 Å². The number of hydrogen-bond donors (Lipinski definition) is 1. The van der Waals surface area contributed by atoms with Crippen LogP contribution in [0.2, 0.25) is 0 Å². The molecule has 0 aliphatic carbocycles. The fourth-order valence-corrected chi connectivity index (χ4v) is 1.59. The third-order valence-corrected chi connectivity index (χ3v) is 2.52. The van der Waals surface area contributed by atoms with Crippen LogP contribution in [0.1, 0.15) is 25.8 Å². The maximum atomic E-state index is 11.9. The number of aliphatic hydroxyl groups is 1. The van der Waals surface area contributed by atoms with E-state index >= 15 is 0 Å². The van der Waals surface area contributed by atoms with Gasteiger partial charge in [0.2, 0.25) is 5.60 Å². The number of hydrogen-bond acceptors (Lipinski definition) is 4. The van der Waals surface area contributed by atoms with Crippen LogP contribution >= 0.6 is 0 Å². The van der Waals surface area contributed by atoms with Crippen LogP contribution in [0.15, 0.2) is 30.3 Å². The Labute approximate surface area is 108 Å². The molecule has 0 spiro atoms. The van der Waals surface area contributed by atoms with Crippen molar-refractivity contribution >= 4 is 5.97 Å². The largest absolute Gasteiger partial charge is 0.464 e. The van der Waals surface area contributed by atoms with Gasteiger partial charge in [-0.25, -0.2) is 4.79 Å². The minimum Gasteiger partial charge on any atom is -0.464 e. The molecule has 18 heavy (non-hydrogen) atoms. The lowest BCUT2D eigenvalue weighted by molar-refractivity contribution is -0.173. The minimum atomic E-state index is -1.73. The lowest BCUT2D eigenvalue weighted by Crippen LogP contribution is -2.42. The summed E-state index contributed by atoms with van der Waals surface area (Å²) in [7, 11) is 0. The number of carbonyl (C=O) groups excluding carboxylic acids is 1. The van der Waals surface area contributed by atoms with Gasteiger partial charge in [-0.3, -0.25) is 0 Å². The molecule has 0 saturated carbocycles. The molecule has 0 unspecified atom stereocenters. The van der Waals surface area contributed by atoms with Crippen LogP contribution in [0.4, 0.5) is 0 Å². The molecule has 0 bridgehead atoms. The van der Waals surface area contributed by atoms with Crippen molar-refractivity contribution in [2.75, 3.05) is 19.8 Å². The van der Waals surface area contributed by atoms with Crippen molar-refractivity contribution in [2.24, 2.45) is 0 Å². The Hall–Kier alpha value is -1.39. The fourth-order valence-electron chi connectivity index (χ4n) is 1.59. The Bertz CT molecular complexity index is 363. The number of rotatable bonds is 7. The van der Waals surface area contributed by atoms with Crippen LogP contribution in [-0.4, -0.2) is 30.9 Å². The Kier molecular flexibility index (Phi) is 5.82. The SMILES string of the molecule is CCCOC[C@](O)(C(=O)OCC)c1ccccc1. The second-order valence-corrected chi connectivity index (χ2v) is 4.00. The molecular formula is C14H20O4. The second-order valence-electron chi connectivity index (χ2n) is 4.00. The minimum absolute atomic E-state index is 0.0936. The van der Waals surface area contributed by atoms with Crippen LogP contribution in [0, 0.1) is 0 Å². The molecule has 0 amide bonds. The Morgan fingerprint density at radius 2 is 1.94 bits per heavy atom. The van der Waals surface area contributed by atoms with Crippen LogP contribution in [0.5, 0.6) is 0 Å². The van der Waals surface area contributed by atoms with Gasteiger partial charge in [-0.15, -0.1) is 0 Å². The summed E-state index contributed by atoms with van der Waals surface area (Å²) in [5, 5.41) is 10.5. The van der Waals surface area contributed by atoms with Crippen LogP contribution in [0.3, 0.4) is 0 Å². The van der Waals surface area contributed by atoms with Gasteiger partial charge in [-0.1, -0.05) is 37.3 Å². The topological polar surface area (TPSA) is 55.8 Å². The molecule has 0 fully saturated rings. The highest BCUT2D eigenvalue weighted by Crippen LogP contribution is 2.23. The summed E-state index contributed by atoms with van der Waals surface area (Å²) in [6.07, 6.45) is 0.827. The molecule has 100 valence electrons. The van der Waals surface area contributed by atoms with Gasteiger partial charge >= 0.3 is 5.97 Å². The molecule has 1 rings (SSSR count). The molecule has 1 N–H and O–H groups in total. The highest BCUT2D eigenvalue weighted by molar-refractivity contribution is 5.81. The molecule has 0 aliphatic rings. The van der Waals surface area contributed by atoms with E-state index in [-0.39, 0.29) is 13.2 Å². The van der Waals surface area contributed by atoms with Crippen LogP contribution in [-0.2, 0) is 19.9 Å². The molecule has 4 nitrogen and oxygen atoms in total. The molecule has 0 aromatic heterocycles. The van der Waals surface area contributed by atoms with Crippen molar-refractivity contribution in [1.29, 1.82) is 0 Å². The summed E-state index contributed by atoms with van der Waals surface area (Å²) in [4.78, 5) is 11.9. The molecule has 1 atom stereocenters. The Morgan fingerprint density at radius 3 is 2.50 bits per heavy atom. The third-order valence-electron chi connectivity index (χ3n) is 2.52. The highest BCUT2D eigenvalue weighted by atomic mass is 16.6. The van der Waals surface area contributed by atoms with E-state index in [0.29, 0.717) is 12.2 Å². The molecule has 1 aromatic carbocycles. The summed E-state index contributed by atoms with van der Waals surface area (Å²) in [6.45, 7) is 4.29. The van der Waals surface area contributed by atoms with Gasteiger partial charge in [-0.2, -0.15) is 0 Å². The van der Waals surface area contributed by atoms with Crippen molar-refractivity contribution in [1.82, 2.24) is 0 Å². The molecule has 0 heterocycles. The van der Waals surface area contributed by atoms with E-state index in [0.717, 1.165) is 6.42 Å². The van der Waals surface area contributed by atoms with E-state index in [2.05, 4.69) is 0 Å². The number of benzene rings is 1. The Morgan fingerprint density at radius 1 is 1.28 bits per heavy atom. The summed E-state index contributed by atoms with van der Waals surface area (Å²) in [5.74, 6) is -0.674. The zero-order valence-corrected chi connectivity index (χ0v) is 10.9. The van der Waals surface area contributed by atoms with E-state index < -0.39 is 11.6 Å². The fraction of sp³-hybridized carbons (Fsp3) is 0.500. The summed E-state index contributed by atoms with van der Waals surface area (Å²) >= 11 is 0. The first-order valence-electron chi connectivity index (χ1n) is 6.18. The van der Waals surface area contributed by atoms with Crippen molar-refractivity contribution in [2.45, 2.75) is 25.9 Å². The molecular weight excluding hydrogens is 232 g/mol. The first kappa shape index (κ1) is 14.7. The smallest absolute Gasteiger partial charge is 0.345 e. The van der Waals surface area contributed by atoms with E-state index in [1.165, 1.54) is 0 Å². The lowest BCUT2D eigenvalue weighted by atomic mass is 9.95. The molecule has 0 radical (unpaired) electrons. The maximum Gasteiger partial charge on any atom is 0.345 e. The van der Waals surface area contributed by atoms with Gasteiger partial charge in [0.05, 0.1) is 13.2 Å². The monoisotopic (exact) mass is 252 g/mol. The number of esters is 1. The highest BCUT2D eigenvalue weighted by Gasteiger charge is 2.39. The first-order valence-corrected chi connectivity index (χ1v) is 6.18. The molecule has 0 saturated heterocycles. The van der Waals surface area contributed by atoms with Gasteiger partial charge in [0.1, 0.15) is 0 Å². The molecule has 1 aromatic rings. The normalized spacial score (nSPS) is 13.9. The predicted octanol–water partition coefficient (Wildman–Crippen LogP) is 1.86. The zero-order valence-electron chi connectivity index (χ0n) is 10.9. The molecule has 0 aliphatic heterocycles. The zero-order chi connectivity index (χ0) is 13.4. The van der Waals surface area contributed by atoms with Gasteiger partial charge in [0, 0.05) is 6.61 Å². The van der Waals surface area contributed by atoms with E-state index in [9.17, 15) is 9.90 Å². The second kappa shape index (κ2) is 7.13. The third kappa shape index (κ3) is 3.55. The summed E-state index contributed by atoms with van der Waals surface area (Å²) in [6, 6.07) is 8.72. The average Bonchev–Trinajstić information content (AvgIpc) is 2.40. The first-order chi connectivity index (χ1) is 8.65. The van der Waals surface area contributed by atoms with Crippen molar-refractivity contribution < 1.29 is 19.4 Å². The van der Waals surface area contributed by atoms with Crippen molar-refractivity contribution in [3.8, 4) is 0 Å². The van der Waals surface area contributed by atoms with Crippen LogP contribution in [0.25, 0.3) is 0 Å². The maximum absolute atomic E-state index is 11.9. The van der Waals surface area contributed by atoms with Gasteiger partial charge in [0.15, 0.2) is 0 Å². The van der Waals surface area contributed by atoms with Crippen LogP contribution < -0.4 is 0 Å². The standard InChI is InChI=1S/C14H20O4/c1-3-10-17-11-14(16,13(15)18-4-2)12-8-6-5-7-9-12/h5-9,16H,3-4,10-11H2,1-2H3/t14-/m1/s1. The number of ether oxygens (including phenoxy) is 2.